The minimum atomic E-state index is -0.555. The summed E-state index contributed by atoms with van der Waals surface area (Å²) >= 11 is 0. The number of nitrogen functional groups attached to an aromatic ring is 1. The summed E-state index contributed by atoms with van der Waals surface area (Å²) in [6, 6.07) is 13.5. The van der Waals surface area contributed by atoms with Crippen molar-refractivity contribution in [2.75, 3.05) is 49.2 Å². The number of anilines is 3. The van der Waals surface area contributed by atoms with E-state index in [1.54, 1.807) is 22.7 Å². The molecule has 4 aromatic rings. The molecule has 0 spiro atoms. The Hall–Kier alpha value is -4.02. The average molecular weight is 504 g/mol. The smallest absolute Gasteiger partial charge is 0.323 e. The largest absolute Gasteiger partial charge is 0.382 e. The third kappa shape index (κ3) is 5.71. The van der Waals surface area contributed by atoms with Crippen LogP contribution in [0.3, 0.4) is 0 Å². The standard InChI is InChI=1S/C27H30FN7O2/c1-18-4-2-5-20(14-18)32-27(36)33-24-8-7-19(15-23(24)28)22-16-21(35-25(22)26(29)30-17-31-35)6-3-9-34-10-12-37-13-11-34/h2,4-5,7-8,14-17H,3,6,9-13H2,1H3,(H2,29,30,31)(H2,32,33,36). The molecule has 1 aliphatic heterocycles. The second-order valence-corrected chi connectivity index (χ2v) is 9.16. The van der Waals surface area contributed by atoms with Crippen molar-refractivity contribution in [1.29, 1.82) is 0 Å². The lowest BCUT2D eigenvalue weighted by Crippen LogP contribution is -2.37. The first-order valence-corrected chi connectivity index (χ1v) is 12.3. The van der Waals surface area contributed by atoms with Gasteiger partial charge >= 0.3 is 6.03 Å². The number of hydrogen-bond donors (Lipinski definition) is 3. The maximum atomic E-state index is 15.1. The van der Waals surface area contributed by atoms with Crippen molar-refractivity contribution in [3.05, 3.63) is 71.9 Å². The number of amides is 2. The number of carbonyl (C=O) groups is 1. The van der Waals surface area contributed by atoms with Gasteiger partial charge in [0.25, 0.3) is 0 Å². The van der Waals surface area contributed by atoms with Gasteiger partial charge in [0.1, 0.15) is 17.7 Å². The van der Waals surface area contributed by atoms with Gasteiger partial charge in [0.2, 0.25) is 0 Å². The van der Waals surface area contributed by atoms with Crippen LogP contribution in [-0.2, 0) is 11.2 Å². The quantitative estimate of drug-likeness (QED) is 0.346. The third-order valence-electron chi connectivity index (χ3n) is 6.47. The molecule has 192 valence electrons. The second kappa shape index (κ2) is 10.9. The molecule has 2 aromatic carbocycles. The number of ether oxygens (including phenoxy) is 1. The molecule has 0 radical (unpaired) electrons. The van der Waals surface area contributed by atoms with E-state index < -0.39 is 11.8 Å². The highest BCUT2D eigenvalue weighted by atomic mass is 19.1. The molecular formula is C27H30FN7O2. The summed E-state index contributed by atoms with van der Waals surface area (Å²) in [7, 11) is 0. The molecule has 2 aromatic heterocycles. The number of hydrogen-bond acceptors (Lipinski definition) is 6. The van der Waals surface area contributed by atoms with E-state index in [1.165, 1.54) is 12.4 Å². The van der Waals surface area contributed by atoms with Gasteiger partial charge in [-0.15, -0.1) is 0 Å². The molecule has 3 heterocycles. The van der Waals surface area contributed by atoms with Crippen LogP contribution in [0, 0.1) is 12.7 Å². The maximum Gasteiger partial charge on any atom is 0.323 e. The molecule has 9 nitrogen and oxygen atoms in total. The van der Waals surface area contributed by atoms with E-state index >= 15 is 4.39 Å². The molecule has 37 heavy (non-hydrogen) atoms. The number of nitrogens with zero attached hydrogens (tertiary/aromatic N) is 4. The number of rotatable bonds is 7. The van der Waals surface area contributed by atoms with Gasteiger partial charge in [-0.05, 0) is 67.8 Å². The first-order valence-electron chi connectivity index (χ1n) is 12.3. The molecule has 1 aliphatic rings. The van der Waals surface area contributed by atoms with Crippen LogP contribution >= 0.6 is 0 Å². The number of aryl methyl sites for hydroxylation is 2. The van der Waals surface area contributed by atoms with Crippen molar-refractivity contribution in [2.45, 2.75) is 19.8 Å². The van der Waals surface area contributed by atoms with Gasteiger partial charge < -0.3 is 21.1 Å². The topological polar surface area (TPSA) is 110 Å². The lowest BCUT2D eigenvalue weighted by Gasteiger charge is -2.26. The van der Waals surface area contributed by atoms with E-state index in [2.05, 4.69) is 25.6 Å². The van der Waals surface area contributed by atoms with Crippen LogP contribution in [0.2, 0.25) is 0 Å². The Balaban J connectivity index is 1.34. The number of nitrogens with one attached hydrogen (secondary N) is 2. The molecule has 0 unspecified atom stereocenters. The molecule has 0 aliphatic carbocycles. The normalized spacial score (nSPS) is 14.1. The van der Waals surface area contributed by atoms with Crippen molar-refractivity contribution in [3.63, 3.8) is 0 Å². The monoisotopic (exact) mass is 503 g/mol. The number of benzene rings is 2. The molecule has 1 fully saturated rings. The minimum absolute atomic E-state index is 0.0763. The zero-order chi connectivity index (χ0) is 25.8. The van der Waals surface area contributed by atoms with Crippen LogP contribution in [0.25, 0.3) is 16.6 Å². The fourth-order valence-corrected chi connectivity index (χ4v) is 4.63. The molecule has 5 rings (SSSR count). The zero-order valence-corrected chi connectivity index (χ0v) is 20.7. The third-order valence-corrected chi connectivity index (χ3v) is 6.47. The van der Waals surface area contributed by atoms with E-state index in [1.807, 2.05) is 31.2 Å². The molecule has 0 saturated carbocycles. The van der Waals surface area contributed by atoms with Gasteiger partial charge in [0, 0.05) is 30.0 Å². The molecular weight excluding hydrogens is 473 g/mol. The van der Waals surface area contributed by atoms with Gasteiger partial charge in [-0.25, -0.2) is 18.7 Å². The minimum Gasteiger partial charge on any atom is -0.382 e. The molecule has 10 heteroatoms. The van der Waals surface area contributed by atoms with Crippen molar-refractivity contribution in [3.8, 4) is 11.1 Å². The first-order chi connectivity index (χ1) is 18.0. The molecule has 0 atom stereocenters. The number of nitrogens with two attached hydrogens (primary N) is 1. The van der Waals surface area contributed by atoms with Crippen LogP contribution in [-0.4, -0.2) is 58.4 Å². The lowest BCUT2D eigenvalue weighted by atomic mass is 10.1. The van der Waals surface area contributed by atoms with Gasteiger partial charge in [0.15, 0.2) is 5.82 Å². The van der Waals surface area contributed by atoms with Gasteiger partial charge in [-0.3, -0.25) is 4.90 Å². The van der Waals surface area contributed by atoms with Crippen LogP contribution in [0.15, 0.2) is 54.9 Å². The SMILES string of the molecule is Cc1cccc(NC(=O)Nc2ccc(-c3cc(CCCN4CCOCC4)n4ncnc(N)c34)cc2F)c1. The maximum absolute atomic E-state index is 15.1. The number of carbonyl (C=O) groups excluding carboxylic acids is 1. The number of aromatic nitrogens is 3. The van der Waals surface area contributed by atoms with Crippen LogP contribution in [0.5, 0.6) is 0 Å². The fraction of sp³-hybridized carbons (Fsp3) is 0.296. The van der Waals surface area contributed by atoms with Gasteiger partial charge in [-0.2, -0.15) is 5.10 Å². The van der Waals surface area contributed by atoms with Crippen molar-refractivity contribution in [1.82, 2.24) is 19.5 Å². The summed E-state index contributed by atoms with van der Waals surface area (Å²) in [5, 5.41) is 9.71. The Bertz CT molecular complexity index is 1420. The predicted molar refractivity (Wildman–Crippen MR) is 142 cm³/mol. The predicted octanol–water partition coefficient (Wildman–Crippen LogP) is 4.33. The first kappa shape index (κ1) is 24.7. The van der Waals surface area contributed by atoms with Crippen molar-refractivity contribution in [2.24, 2.45) is 0 Å². The van der Waals surface area contributed by atoms with E-state index in [0.29, 0.717) is 22.6 Å². The number of morpholine rings is 1. The average Bonchev–Trinajstić information content (AvgIpc) is 3.26. The lowest BCUT2D eigenvalue weighted by molar-refractivity contribution is 0.0374. The Morgan fingerprint density at radius 1 is 1.14 bits per heavy atom. The number of halogens is 1. The van der Waals surface area contributed by atoms with Crippen LogP contribution in [0.4, 0.5) is 26.4 Å². The van der Waals surface area contributed by atoms with E-state index in [-0.39, 0.29) is 5.69 Å². The molecule has 0 bridgehead atoms. The van der Waals surface area contributed by atoms with Crippen molar-refractivity contribution < 1.29 is 13.9 Å². The highest BCUT2D eigenvalue weighted by Gasteiger charge is 2.18. The van der Waals surface area contributed by atoms with Crippen LogP contribution < -0.4 is 16.4 Å². The van der Waals surface area contributed by atoms with Gasteiger partial charge in [-0.1, -0.05) is 18.2 Å². The molecule has 1 saturated heterocycles. The summed E-state index contributed by atoms with van der Waals surface area (Å²) in [4.78, 5) is 18.9. The fourth-order valence-electron chi connectivity index (χ4n) is 4.63. The Morgan fingerprint density at radius 3 is 2.76 bits per heavy atom. The number of urea groups is 1. The highest BCUT2D eigenvalue weighted by molar-refractivity contribution is 6.00. The van der Waals surface area contributed by atoms with E-state index in [4.69, 9.17) is 10.5 Å². The summed E-state index contributed by atoms with van der Waals surface area (Å²) in [6.07, 6.45) is 3.16. The Kier molecular flexibility index (Phi) is 7.29. The highest BCUT2D eigenvalue weighted by Crippen LogP contribution is 2.32. The summed E-state index contributed by atoms with van der Waals surface area (Å²) in [5.74, 6) is -0.231. The molecule has 2 amide bonds. The van der Waals surface area contributed by atoms with E-state index in [9.17, 15) is 4.79 Å². The Labute approximate surface area is 214 Å². The summed E-state index contributed by atoms with van der Waals surface area (Å²) < 4.78 is 22.3. The Morgan fingerprint density at radius 2 is 1.97 bits per heavy atom. The molecule has 4 N–H and O–H groups in total. The summed E-state index contributed by atoms with van der Waals surface area (Å²) in [5.41, 5.74) is 10.9. The van der Waals surface area contributed by atoms with E-state index in [0.717, 1.165) is 62.5 Å². The second-order valence-electron chi connectivity index (χ2n) is 9.16. The summed E-state index contributed by atoms with van der Waals surface area (Å²) in [6.45, 7) is 6.32. The van der Waals surface area contributed by atoms with Crippen molar-refractivity contribution >= 4 is 28.7 Å². The van der Waals surface area contributed by atoms with Crippen LogP contribution in [0.1, 0.15) is 17.7 Å². The number of fused-ring (bicyclic) bond motifs is 1. The van der Waals surface area contributed by atoms with Gasteiger partial charge in [0.05, 0.1) is 18.9 Å². The zero-order valence-electron chi connectivity index (χ0n) is 20.7.